The zero-order valence-corrected chi connectivity index (χ0v) is 15.8. The third-order valence-electron chi connectivity index (χ3n) is 4.26. The minimum absolute atomic E-state index is 0.0417. The van der Waals surface area contributed by atoms with Crippen molar-refractivity contribution in [2.45, 2.75) is 26.7 Å². The van der Waals surface area contributed by atoms with Gasteiger partial charge in [-0.15, -0.1) is 0 Å². The van der Waals surface area contributed by atoms with Crippen molar-refractivity contribution >= 4 is 23.2 Å². The quantitative estimate of drug-likeness (QED) is 0.638. The fraction of sp³-hybridized carbons (Fsp3) is 0.190. The average molecular weight is 382 g/mol. The summed E-state index contributed by atoms with van der Waals surface area (Å²) in [5, 5.41) is 5.57. The number of aryl methyl sites for hydroxylation is 1. The molecule has 1 heterocycles. The normalized spacial score (nSPS) is 10.8. The van der Waals surface area contributed by atoms with E-state index < -0.39 is 11.6 Å². The first kappa shape index (κ1) is 19.4. The summed E-state index contributed by atoms with van der Waals surface area (Å²) in [6.07, 6.45) is 2.69. The highest BCUT2D eigenvalue weighted by molar-refractivity contribution is 6.04. The Morgan fingerprint density at radius 3 is 2.43 bits per heavy atom. The molecule has 7 heteroatoms. The number of nitrogens with one attached hydrogen (secondary N) is 2. The van der Waals surface area contributed by atoms with E-state index in [-0.39, 0.29) is 29.0 Å². The van der Waals surface area contributed by atoms with E-state index in [4.69, 9.17) is 0 Å². The number of carbonyl (C=O) groups is 1. The number of amides is 1. The fourth-order valence-electron chi connectivity index (χ4n) is 2.75. The summed E-state index contributed by atoms with van der Waals surface area (Å²) < 4.78 is 26.7. The lowest BCUT2D eigenvalue weighted by molar-refractivity contribution is 0.102. The van der Waals surface area contributed by atoms with Gasteiger partial charge in [0.1, 0.15) is 11.6 Å². The molecule has 0 saturated carbocycles. The maximum absolute atomic E-state index is 13.7. The number of benzene rings is 2. The van der Waals surface area contributed by atoms with Gasteiger partial charge in [-0.25, -0.2) is 18.7 Å². The number of anilines is 3. The molecular formula is C21H20F2N4O. The van der Waals surface area contributed by atoms with Crippen LogP contribution in [-0.4, -0.2) is 15.9 Å². The Balaban J connectivity index is 1.76. The molecule has 0 unspecified atom stereocenters. The molecule has 144 valence electrons. The van der Waals surface area contributed by atoms with Crippen molar-refractivity contribution in [2.75, 3.05) is 10.6 Å². The summed E-state index contributed by atoms with van der Waals surface area (Å²) in [6.45, 7) is 6.05. The molecule has 1 aromatic heterocycles. The number of aromatic nitrogens is 2. The second-order valence-corrected chi connectivity index (χ2v) is 6.69. The first-order valence-corrected chi connectivity index (χ1v) is 8.80. The summed E-state index contributed by atoms with van der Waals surface area (Å²) in [7, 11) is 0. The molecule has 0 fully saturated rings. The molecule has 3 aromatic rings. The van der Waals surface area contributed by atoms with Gasteiger partial charge < -0.3 is 10.6 Å². The highest BCUT2D eigenvalue weighted by Crippen LogP contribution is 2.28. The van der Waals surface area contributed by atoms with Gasteiger partial charge >= 0.3 is 0 Å². The van der Waals surface area contributed by atoms with Gasteiger partial charge in [-0.3, -0.25) is 4.79 Å². The molecule has 5 nitrogen and oxygen atoms in total. The molecule has 0 aliphatic rings. The van der Waals surface area contributed by atoms with Crippen molar-refractivity contribution in [1.29, 1.82) is 0 Å². The van der Waals surface area contributed by atoms with Crippen LogP contribution in [0, 0.1) is 18.6 Å². The van der Waals surface area contributed by atoms with Crippen LogP contribution in [0.2, 0.25) is 0 Å². The lowest BCUT2D eigenvalue weighted by atomic mass is 9.98. The molecule has 0 spiro atoms. The van der Waals surface area contributed by atoms with Gasteiger partial charge in [0.15, 0.2) is 0 Å². The van der Waals surface area contributed by atoms with Gasteiger partial charge in [-0.1, -0.05) is 32.0 Å². The lowest BCUT2D eigenvalue weighted by Gasteiger charge is -2.16. The SMILES string of the molecule is Cc1cccc(C(C)C)c1NC(=O)c1cnc(Nc2ccc(F)cc2F)nc1. The molecule has 3 rings (SSSR count). The van der Waals surface area contributed by atoms with Crippen molar-refractivity contribution in [2.24, 2.45) is 0 Å². The van der Waals surface area contributed by atoms with Gasteiger partial charge in [0, 0.05) is 24.1 Å². The van der Waals surface area contributed by atoms with Crippen molar-refractivity contribution in [3.8, 4) is 0 Å². The summed E-state index contributed by atoms with van der Waals surface area (Å²) in [5.74, 6) is -1.42. The lowest BCUT2D eigenvalue weighted by Crippen LogP contribution is -2.15. The standard InChI is InChI=1S/C21H20F2N4O/c1-12(2)16-6-4-5-13(3)19(16)27-20(28)14-10-24-21(25-11-14)26-18-8-7-15(22)9-17(18)23/h4-12H,1-3H3,(H,27,28)(H,24,25,26). The number of halogens is 2. The monoisotopic (exact) mass is 382 g/mol. The van der Waals surface area contributed by atoms with Crippen LogP contribution >= 0.6 is 0 Å². The van der Waals surface area contributed by atoms with E-state index in [0.717, 1.165) is 28.9 Å². The van der Waals surface area contributed by atoms with Crippen LogP contribution in [0.3, 0.4) is 0 Å². The largest absolute Gasteiger partial charge is 0.322 e. The molecule has 0 atom stereocenters. The van der Waals surface area contributed by atoms with Crippen molar-refractivity contribution in [3.05, 3.63) is 77.1 Å². The van der Waals surface area contributed by atoms with E-state index in [2.05, 4.69) is 34.4 Å². The van der Waals surface area contributed by atoms with E-state index in [1.165, 1.54) is 18.5 Å². The highest BCUT2D eigenvalue weighted by atomic mass is 19.1. The van der Waals surface area contributed by atoms with Crippen LogP contribution in [0.1, 0.15) is 41.3 Å². The Bertz CT molecular complexity index is 1000. The molecule has 1 amide bonds. The molecule has 28 heavy (non-hydrogen) atoms. The van der Waals surface area contributed by atoms with E-state index in [9.17, 15) is 13.6 Å². The predicted molar refractivity (Wildman–Crippen MR) is 105 cm³/mol. The van der Waals surface area contributed by atoms with Gasteiger partial charge in [-0.05, 0) is 36.1 Å². The smallest absolute Gasteiger partial charge is 0.258 e. The van der Waals surface area contributed by atoms with Crippen LogP contribution in [0.5, 0.6) is 0 Å². The minimum atomic E-state index is -0.758. The second-order valence-electron chi connectivity index (χ2n) is 6.69. The molecule has 0 aliphatic heterocycles. The Morgan fingerprint density at radius 2 is 1.79 bits per heavy atom. The second kappa shape index (κ2) is 8.12. The summed E-state index contributed by atoms with van der Waals surface area (Å²) in [6, 6.07) is 9.01. The first-order chi connectivity index (χ1) is 13.3. The van der Waals surface area contributed by atoms with Crippen molar-refractivity contribution in [3.63, 3.8) is 0 Å². The van der Waals surface area contributed by atoms with E-state index in [0.29, 0.717) is 0 Å². The van der Waals surface area contributed by atoms with Crippen LogP contribution in [0.15, 0.2) is 48.8 Å². The fourth-order valence-corrected chi connectivity index (χ4v) is 2.75. The van der Waals surface area contributed by atoms with E-state index in [1.807, 2.05) is 25.1 Å². The van der Waals surface area contributed by atoms with Crippen LogP contribution in [0.4, 0.5) is 26.1 Å². The van der Waals surface area contributed by atoms with Gasteiger partial charge in [0.25, 0.3) is 5.91 Å². The van der Waals surface area contributed by atoms with Gasteiger partial charge in [-0.2, -0.15) is 0 Å². The number of para-hydroxylation sites is 1. The summed E-state index contributed by atoms with van der Waals surface area (Å²) in [4.78, 5) is 20.7. The van der Waals surface area contributed by atoms with Gasteiger partial charge in [0.05, 0.1) is 11.3 Å². The molecule has 0 bridgehead atoms. The Kier molecular flexibility index (Phi) is 5.63. The number of nitrogens with zero attached hydrogens (tertiary/aromatic N) is 2. The average Bonchev–Trinajstić information content (AvgIpc) is 2.66. The maximum Gasteiger partial charge on any atom is 0.258 e. The van der Waals surface area contributed by atoms with E-state index in [1.54, 1.807) is 0 Å². The molecular weight excluding hydrogens is 362 g/mol. The number of rotatable bonds is 5. The van der Waals surface area contributed by atoms with Crippen molar-refractivity contribution < 1.29 is 13.6 Å². The molecule has 2 N–H and O–H groups in total. The zero-order chi connectivity index (χ0) is 20.3. The van der Waals surface area contributed by atoms with Crippen LogP contribution in [0.25, 0.3) is 0 Å². The van der Waals surface area contributed by atoms with E-state index >= 15 is 0 Å². The summed E-state index contributed by atoms with van der Waals surface area (Å²) >= 11 is 0. The Hall–Kier alpha value is -3.35. The third kappa shape index (κ3) is 4.31. The zero-order valence-electron chi connectivity index (χ0n) is 15.8. The molecule has 0 aliphatic carbocycles. The topological polar surface area (TPSA) is 66.9 Å². The Labute approximate surface area is 161 Å². The predicted octanol–water partition coefficient (Wildman–Crippen LogP) is 5.18. The number of hydrogen-bond donors (Lipinski definition) is 2. The molecule has 0 radical (unpaired) electrons. The maximum atomic E-state index is 13.7. The number of carbonyl (C=O) groups excluding carboxylic acids is 1. The van der Waals surface area contributed by atoms with Gasteiger partial charge in [0.2, 0.25) is 5.95 Å². The number of hydrogen-bond acceptors (Lipinski definition) is 4. The van der Waals surface area contributed by atoms with Crippen molar-refractivity contribution in [1.82, 2.24) is 9.97 Å². The van der Waals surface area contributed by atoms with Crippen LogP contribution in [-0.2, 0) is 0 Å². The van der Waals surface area contributed by atoms with Crippen LogP contribution < -0.4 is 10.6 Å². The Morgan fingerprint density at radius 1 is 1.07 bits per heavy atom. The third-order valence-corrected chi connectivity index (χ3v) is 4.26. The molecule has 0 saturated heterocycles. The minimum Gasteiger partial charge on any atom is -0.322 e. The highest BCUT2D eigenvalue weighted by Gasteiger charge is 2.14. The summed E-state index contributed by atoms with van der Waals surface area (Å²) in [5.41, 5.74) is 3.09. The molecule has 2 aromatic carbocycles. The first-order valence-electron chi connectivity index (χ1n) is 8.80.